The Bertz CT molecular complexity index is 3390. The van der Waals surface area contributed by atoms with Gasteiger partial charge >= 0.3 is 0 Å². The van der Waals surface area contributed by atoms with Crippen LogP contribution in [-0.4, -0.2) is 4.57 Å². The van der Waals surface area contributed by atoms with Crippen LogP contribution in [0.4, 0.5) is 0 Å². The van der Waals surface area contributed by atoms with E-state index in [0.717, 1.165) is 10.2 Å². The van der Waals surface area contributed by atoms with Crippen molar-refractivity contribution in [2.45, 2.75) is 5.41 Å². The minimum Gasteiger partial charge on any atom is -0.309 e. The maximum atomic E-state index is 3.64. The molecule has 1 heterocycles. The molecular formula is C57H36BrN. The number of hydrogen-bond donors (Lipinski definition) is 0. The fraction of sp³-hybridized carbons (Fsp3) is 0.0175. The summed E-state index contributed by atoms with van der Waals surface area (Å²) < 4.78 is 3.63. The summed E-state index contributed by atoms with van der Waals surface area (Å²) in [4.78, 5) is 0. The number of benzene rings is 10. The highest BCUT2D eigenvalue weighted by molar-refractivity contribution is 9.10. The quantitative estimate of drug-likeness (QED) is 0.153. The van der Waals surface area contributed by atoms with Gasteiger partial charge in [0.1, 0.15) is 0 Å². The van der Waals surface area contributed by atoms with Crippen molar-refractivity contribution in [3.05, 3.63) is 245 Å². The van der Waals surface area contributed by atoms with E-state index in [-0.39, 0.29) is 0 Å². The van der Waals surface area contributed by atoms with Crippen LogP contribution in [0.1, 0.15) is 22.3 Å². The Morgan fingerprint density at radius 1 is 0.356 bits per heavy atom. The first-order chi connectivity index (χ1) is 29.2. The molecule has 0 atom stereocenters. The lowest BCUT2D eigenvalue weighted by atomic mass is 9.68. The van der Waals surface area contributed by atoms with E-state index in [2.05, 4.69) is 239 Å². The molecule has 0 amide bonds. The van der Waals surface area contributed by atoms with Crippen LogP contribution in [0.3, 0.4) is 0 Å². The molecule has 12 rings (SSSR count). The summed E-state index contributed by atoms with van der Waals surface area (Å²) in [5.74, 6) is 0. The molecule has 1 nitrogen and oxygen atoms in total. The van der Waals surface area contributed by atoms with E-state index in [9.17, 15) is 0 Å². The highest BCUT2D eigenvalue weighted by atomic mass is 79.9. The minimum atomic E-state index is -0.458. The maximum absolute atomic E-state index is 3.64. The SMILES string of the molecule is Brc1ccc(-c2ccccc2-c2ccc3c4c5ccccc5c5ccccc5c4n(-c4ccc5c(c4)-c4ccccc4C5(c4ccccc4)c4ccccc4)c3c2)cc1. The summed E-state index contributed by atoms with van der Waals surface area (Å²) >= 11 is 3.64. The summed E-state index contributed by atoms with van der Waals surface area (Å²) in [5.41, 5.74) is 15.6. The van der Waals surface area contributed by atoms with Crippen LogP contribution in [0.15, 0.2) is 223 Å². The van der Waals surface area contributed by atoms with Crippen molar-refractivity contribution >= 4 is 59.3 Å². The molecule has 0 unspecified atom stereocenters. The van der Waals surface area contributed by atoms with Crippen molar-refractivity contribution in [3.8, 4) is 39.1 Å². The van der Waals surface area contributed by atoms with Gasteiger partial charge in [0.25, 0.3) is 0 Å². The molecule has 1 aliphatic rings. The van der Waals surface area contributed by atoms with Crippen molar-refractivity contribution in [2.75, 3.05) is 0 Å². The van der Waals surface area contributed by atoms with Crippen molar-refractivity contribution < 1.29 is 0 Å². The smallest absolute Gasteiger partial charge is 0.0713 e. The normalized spacial score (nSPS) is 13.0. The van der Waals surface area contributed by atoms with Gasteiger partial charge < -0.3 is 4.57 Å². The van der Waals surface area contributed by atoms with E-state index < -0.39 is 5.41 Å². The number of fused-ring (bicyclic) bond motifs is 11. The third kappa shape index (κ3) is 4.97. The first-order valence-electron chi connectivity index (χ1n) is 20.3. The van der Waals surface area contributed by atoms with Crippen LogP contribution in [0.2, 0.25) is 0 Å². The first kappa shape index (κ1) is 34.1. The Hall–Kier alpha value is -7.00. The summed E-state index contributed by atoms with van der Waals surface area (Å²) in [5, 5.41) is 7.59. The Labute approximate surface area is 351 Å². The average molecular weight is 815 g/mol. The lowest BCUT2D eigenvalue weighted by molar-refractivity contribution is 0.768. The van der Waals surface area contributed by atoms with Crippen LogP contribution in [0, 0.1) is 0 Å². The molecule has 0 N–H and O–H groups in total. The monoisotopic (exact) mass is 813 g/mol. The van der Waals surface area contributed by atoms with Gasteiger partial charge in [-0.3, -0.25) is 0 Å². The zero-order valence-corrected chi connectivity index (χ0v) is 33.7. The first-order valence-corrected chi connectivity index (χ1v) is 21.1. The van der Waals surface area contributed by atoms with Gasteiger partial charge in [0.15, 0.2) is 0 Å². The van der Waals surface area contributed by atoms with Crippen LogP contribution < -0.4 is 0 Å². The Balaban J connectivity index is 1.19. The van der Waals surface area contributed by atoms with Gasteiger partial charge in [-0.25, -0.2) is 0 Å². The van der Waals surface area contributed by atoms with Gasteiger partial charge in [-0.1, -0.05) is 204 Å². The van der Waals surface area contributed by atoms with E-state index in [4.69, 9.17) is 0 Å². The molecule has 0 spiro atoms. The number of aromatic nitrogens is 1. The Morgan fingerprint density at radius 3 is 1.58 bits per heavy atom. The standard InChI is InChI=1S/C57H36BrN/c58-41-30-27-37(28-31-41)43-19-7-8-20-44(43)38-29-33-50-54(35-38)59(56-49-25-12-10-22-46(49)45-21-9-11-24-48(45)55(50)56)42-32-34-53-51(36-42)47-23-13-14-26-52(47)57(53,39-15-3-1-4-16-39)40-17-5-2-6-18-40/h1-36H. The van der Waals surface area contributed by atoms with Crippen molar-refractivity contribution in [1.82, 2.24) is 4.57 Å². The highest BCUT2D eigenvalue weighted by Crippen LogP contribution is 2.57. The average Bonchev–Trinajstić information content (AvgIpc) is 3.81. The molecule has 0 aliphatic heterocycles. The lowest BCUT2D eigenvalue weighted by Crippen LogP contribution is -2.28. The molecule has 1 aromatic heterocycles. The van der Waals surface area contributed by atoms with Crippen molar-refractivity contribution in [1.29, 1.82) is 0 Å². The van der Waals surface area contributed by atoms with Gasteiger partial charge in [0.2, 0.25) is 0 Å². The van der Waals surface area contributed by atoms with E-state index in [1.54, 1.807) is 0 Å². The number of halogens is 1. The predicted molar refractivity (Wildman–Crippen MR) is 252 cm³/mol. The van der Waals surface area contributed by atoms with Crippen LogP contribution in [0.25, 0.3) is 82.4 Å². The van der Waals surface area contributed by atoms with E-state index in [0.29, 0.717) is 0 Å². The molecule has 276 valence electrons. The van der Waals surface area contributed by atoms with Gasteiger partial charge in [-0.15, -0.1) is 0 Å². The molecule has 1 aliphatic carbocycles. The van der Waals surface area contributed by atoms with E-state index in [1.165, 1.54) is 99.0 Å². The molecule has 0 saturated carbocycles. The second-order valence-electron chi connectivity index (χ2n) is 15.7. The van der Waals surface area contributed by atoms with Gasteiger partial charge in [-0.2, -0.15) is 0 Å². The molecular weight excluding hydrogens is 779 g/mol. The Kier molecular flexibility index (Phi) is 7.67. The molecule has 2 heteroatoms. The van der Waals surface area contributed by atoms with Gasteiger partial charge in [0.05, 0.1) is 16.4 Å². The van der Waals surface area contributed by atoms with Crippen molar-refractivity contribution in [3.63, 3.8) is 0 Å². The zero-order chi connectivity index (χ0) is 39.1. The molecule has 59 heavy (non-hydrogen) atoms. The fourth-order valence-corrected chi connectivity index (χ4v) is 10.6. The molecule has 0 fully saturated rings. The summed E-state index contributed by atoms with van der Waals surface area (Å²) in [6.07, 6.45) is 0. The second kappa shape index (κ2) is 13.3. The molecule has 0 radical (unpaired) electrons. The fourth-order valence-electron chi connectivity index (χ4n) is 10.3. The minimum absolute atomic E-state index is 0.458. The third-order valence-electron chi connectivity index (χ3n) is 12.7. The van der Waals surface area contributed by atoms with Gasteiger partial charge in [-0.05, 0) is 102 Å². The van der Waals surface area contributed by atoms with Crippen LogP contribution in [0.5, 0.6) is 0 Å². The maximum Gasteiger partial charge on any atom is 0.0713 e. The van der Waals surface area contributed by atoms with E-state index in [1.807, 2.05) is 0 Å². The van der Waals surface area contributed by atoms with Gasteiger partial charge in [0, 0.05) is 26.3 Å². The molecule has 10 aromatic carbocycles. The Morgan fingerprint density at radius 2 is 0.881 bits per heavy atom. The zero-order valence-electron chi connectivity index (χ0n) is 32.1. The molecule has 0 bridgehead atoms. The topological polar surface area (TPSA) is 4.93 Å². The molecule has 0 saturated heterocycles. The van der Waals surface area contributed by atoms with Crippen molar-refractivity contribution in [2.24, 2.45) is 0 Å². The lowest BCUT2D eigenvalue weighted by Gasteiger charge is -2.33. The summed E-state index contributed by atoms with van der Waals surface area (Å²) in [6, 6.07) is 80.9. The predicted octanol–water partition coefficient (Wildman–Crippen LogP) is 15.5. The number of rotatable bonds is 5. The molecule has 11 aromatic rings. The van der Waals surface area contributed by atoms with E-state index >= 15 is 0 Å². The third-order valence-corrected chi connectivity index (χ3v) is 13.3. The van der Waals surface area contributed by atoms with Crippen LogP contribution in [-0.2, 0) is 5.41 Å². The highest BCUT2D eigenvalue weighted by Gasteiger charge is 2.46. The summed E-state index contributed by atoms with van der Waals surface area (Å²) in [6.45, 7) is 0. The number of nitrogens with zero attached hydrogens (tertiary/aromatic N) is 1. The second-order valence-corrected chi connectivity index (χ2v) is 16.6. The number of hydrogen-bond acceptors (Lipinski definition) is 0. The largest absolute Gasteiger partial charge is 0.309 e. The summed E-state index contributed by atoms with van der Waals surface area (Å²) in [7, 11) is 0. The van der Waals surface area contributed by atoms with Crippen LogP contribution >= 0.6 is 15.9 Å².